The van der Waals surface area contributed by atoms with Gasteiger partial charge < -0.3 is 15.4 Å². The maximum Gasteiger partial charge on any atom is 0.338 e. The normalized spacial score (nSPS) is 15.1. The number of aromatic nitrogens is 1. The van der Waals surface area contributed by atoms with Crippen LogP contribution in [-0.2, 0) is 16.1 Å². The first-order valence-electron chi connectivity index (χ1n) is 11.6. The number of amidine groups is 1. The molecule has 0 fully saturated rings. The van der Waals surface area contributed by atoms with Crippen LogP contribution < -0.4 is 10.6 Å². The Morgan fingerprint density at radius 2 is 1.86 bits per heavy atom. The average Bonchev–Trinajstić information content (AvgIpc) is 2.89. The summed E-state index contributed by atoms with van der Waals surface area (Å²) in [4.78, 5) is 22.8. The highest BCUT2D eigenvalue weighted by Gasteiger charge is 2.33. The molecule has 0 saturated carbocycles. The molecular formula is C28H27N5O2S. The van der Waals surface area contributed by atoms with Gasteiger partial charge >= 0.3 is 5.97 Å². The van der Waals surface area contributed by atoms with Gasteiger partial charge in [-0.3, -0.25) is 0 Å². The monoisotopic (exact) mass is 497 g/mol. The van der Waals surface area contributed by atoms with Gasteiger partial charge in [0.05, 0.1) is 23.4 Å². The smallest absolute Gasteiger partial charge is 0.338 e. The van der Waals surface area contributed by atoms with Gasteiger partial charge in [-0.15, -0.1) is 0 Å². The summed E-state index contributed by atoms with van der Waals surface area (Å²) in [7, 11) is 1.84. The zero-order valence-corrected chi connectivity index (χ0v) is 21.2. The number of carbonyl (C=O) groups excluding carboxylic acids is 1. The highest BCUT2D eigenvalue weighted by atomic mass is 32.2. The van der Waals surface area contributed by atoms with E-state index in [1.54, 1.807) is 6.92 Å². The largest absolute Gasteiger partial charge is 0.463 e. The van der Waals surface area contributed by atoms with E-state index in [1.165, 1.54) is 11.8 Å². The number of rotatable bonds is 7. The third-order valence-electron chi connectivity index (χ3n) is 5.56. The molecule has 0 bridgehead atoms. The Balaban J connectivity index is 1.85. The van der Waals surface area contributed by atoms with Crippen molar-refractivity contribution in [2.24, 2.45) is 4.99 Å². The molecule has 0 radical (unpaired) electrons. The lowest BCUT2D eigenvalue weighted by Crippen LogP contribution is -2.31. The van der Waals surface area contributed by atoms with E-state index in [2.05, 4.69) is 21.7 Å². The predicted octanol–water partition coefficient (Wildman–Crippen LogP) is 4.75. The van der Waals surface area contributed by atoms with Crippen molar-refractivity contribution in [3.63, 3.8) is 0 Å². The average molecular weight is 498 g/mol. The number of nitrogens with zero attached hydrogens (tertiary/aromatic N) is 3. The van der Waals surface area contributed by atoms with Crippen LogP contribution in [0.3, 0.4) is 0 Å². The van der Waals surface area contributed by atoms with Crippen molar-refractivity contribution < 1.29 is 9.53 Å². The fraction of sp³-hybridized carbons (Fsp3) is 0.214. The summed E-state index contributed by atoms with van der Waals surface area (Å²) in [6.45, 7) is 4.49. The van der Waals surface area contributed by atoms with Crippen molar-refractivity contribution in [1.82, 2.24) is 15.6 Å². The molecule has 2 heterocycles. The number of aliphatic imine (C=N–C) groups is 1. The Hall–Kier alpha value is -3.93. The fourth-order valence-electron chi connectivity index (χ4n) is 4.03. The van der Waals surface area contributed by atoms with Gasteiger partial charge in [0, 0.05) is 12.2 Å². The van der Waals surface area contributed by atoms with Crippen LogP contribution in [0, 0.1) is 18.3 Å². The van der Waals surface area contributed by atoms with Gasteiger partial charge in [0.15, 0.2) is 5.17 Å². The van der Waals surface area contributed by atoms with Crippen LogP contribution in [0.1, 0.15) is 40.9 Å². The van der Waals surface area contributed by atoms with Crippen LogP contribution in [-0.4, -0.2) is 29.8 Å². The summed E-state index contributed by atoms with van der Waals surface area (Å²) in [5.41, 5.74) is 4.95. The molecule has 1 atom stereocenters. The molecule has 0 unspecified atom stereocenters. The molecule has 0 spiro atoms. The second-order valence-electron chi connectivity index (χ2n) is 8.09. The number of hydrogen-bond acceptors (Lipinski definition) is 8. The summed E-state index contributed by atoms with van der Waals surface area (Å²) >= 11 is 1.29. The number of ether oxygens (including phenoxy) is 1. The first-order valence-corrected chi connectivity index (χ1v) is 12.5. The Bertz CT molecular complexity index is 1350. The Kier molecular flexibility index (Phi) is 8.16. The minimum atomic E-state index is -0.587. The molecule has 2 N–H and O–H groups in total. The fourth-order valence-corrected chi connectivity index (χ4v) is 5.00. The second-order valence-corrected chi connectivity index (χ2v) is 9.07. The molecule has 1 aliphatic heterocycles. The molecule has 36 heavy (non-hydrogen) atoms. The van der Waals surface area contributed by atoms with Crippen molar-refractivity contribution in [3.05, 3.63) is 100 Å². The number of nitriles is 1. The Morgan fingerprint density at radius 1 is 1.17 bits per heavy atom. The van der Waals surface area contributed by atoms with Gasteiger partial charge in [-0.25, -0.2) is 14.8 Å². The molecule has 1 aromatic heterocycles. The zero-order chi connectivity index (χ0) is 25.5. The second kappa shape index (κ2) is 11.7. The van der Waals surface area contributed by atoms with Crippen LogP contribution in [0.5, 0.6) is 0 Å². The number of carbonyl (C=O) groups is 1. The minimum absolute atomic E-state index is 0.254. The number of esters is 1. The third kappa shape index (κ3) is 5.48. The lowest BCUT2D eigenvalue weighted by molar-refractivity contribution is -0.138. The molecule has 3 aromatic rings. The van der Waals surface area contributed by atoms with E-state index in [0.717, 1.165) is 22.4 Å². The molecule has 0 amide bonds. The number of nitrogens with one attached hydrogen (secondary N) is 2. The van der Waals surface area contributed by atoms with Gasteiger partial charge in [-0.1, -0.05) is 60.7 Å². The zero-order valence-electron chi connectivity index (χ0n) is 20.4. The van der Waals surface area contributed by atoms with Crippen LogP contribution in [0.4, 0.5) is 0 Å². The number of hydrogen-bond donors (Lipinski definition) is 2. The predicted molar refractivity (Wildman–Crippen MR) is 142 cm³/mol. The third-order valence-corrected chi connectivity index (χ3v) is 6.45. The van der Waals surface area contributed by atoms with Crippen molar-refractivity contribution in [2.45, 2.75) is 31.5 Å². The maximum atomic E-state index is 13.2. The highest BCUT2D eigenvalue weighted by molar-refractivity contribution is 8.13. The van der Waals surface area contributed by atoms with Crippen LogP contribution in [0.2, 0.25) is 0 Å². The topological polar surface area (TPSA) is 99.4 Å². The van der Waals surface area contributed by atoms with Gasteiger partial charge in [0.1, 0.15) is 17.1 Å². The van der Waals surface area contributed by atoms with Gasteiger partial charge in [-0.2, -0.15) is 5.26 Å². The summed E-state index contributed by atoms with van der Waals surface area (Å²) in [5.74, 6) is -0.423. The molecule has 8 heteroatoms. The molecule has 7 nitrogen and oxygen atoms in total. The lowest BCUT2D eigenvalue weighted by Gasteiger charge is -2.27. The number of aryl methyl sites for hydroxylation is 1. The van der Waals surface area contributed by atoms with Crippen LogP contribution >= 0.6 is 11.8 Å². The van der Waals surface area contributed by atoms with Crippen molar-refractivity contribution in [3.8, 4) is 6.07 Å². The molecule has 0 aliphatic carbocycles. The van der Waals surface area contributed by atoms with Crippen molar-refractivity contribution in [2.75, 3.05) is 13.7 Å². The van der Waals surface area contributed by atoms with Gasteiger partial charge in [0.2, 0.25) is 0 Å². The first-order chi connectivity index (χ1) is 17.5. The SMILES string of the molecule is CCOC(=O)C1=C(c2ccccc2)NC(Sc2nc(C)cc(CNC)c2C#N)=N[C@@H]1c1ccccc1. The molecule has 4 rings (SSSR count). The highest BCUT2D eigenvalue weighted by Crippen LogP contribution is 2.38. The Morgan fingerprint density at radius 3 is 2.50 bits per heavy atom. The molecule has 182 valence electrons. The van der Waals surface area contributed by atoms with E-state index in [9.17, 15) is 10.1 Å². The standard InChI is InChI=1S/C28H27N5O2S/c1-4-35-27(34)23-24(19-11-7-5-8-12-19)32-28(33-25(23)20-13-9-6-10-14-20)36-26-22(16-29)21(17-30-3)15-18(2)31-26/h5-15,24,30H,4,17H2,1-3H3,(H,32,33)/t24-/m1/s1. The van der Waals surface area contributed by atoms with Crippen molar-refractivity contribution >= 4 is 28.6 Å². The van der Waals surface area contributed by atoms with E-state index in [1.807, 2.05) is 80.7 Å². The molecular weight excluding hydrogens is 470 g/mol. The summed E-state index contributed by atoms with van der Waals surface area (Å²) in [6, 6.07) is 22.9. The minimum Gasteiger partial charge on any atom is -0.463 e. The summed E-state index contributed by atoms with van der Waals surface area (Å²) in [5, 5.41) is 17.5. The quantitative estimate of drug-likeness (QED) is 0.455. The Labute approximate surface area is 215 Å². The van der Waals surface area contributed by atoms with Gasteiger partial charge in [-0.05, 0) is 55.4 Å². The van der Waals surface area contributed by atoms with E-state index in [0.29, 0.717) is 33.6 Å². The van der Waals surface area contributed by atoms with E-state index >= 15 is 0 Å². The van der Waals surface area contributed by atoms with E-state index in [4.69, 9.17) is 9.73 Å². The number of thioether (sulfide) groups is 1. The molecule has 2 aromatic carbocycles. The van der Waals surface area contributed by atoms with E-state index in [-0.39, 0.29) is 6.61 Å². The lowest BCUT2D eigenvalue weighted by atomic mass is 9.94. The first kappa shape index (κ1) is 25.2. The summed E-state index contributed by atoms with van der Waals surface area (Å²) < 4.78 is 5.46. The van der Waals surface area contributed by atoms with Crippen LogP contribution in [0.25, 0.3) is 5.70 Å². The van der Waals surface area contributed by atoms with Gasteiger partial charge in [0.25, 0.3) is 0 Å². The number of pyridine rings is 1. The maximum absolute atomic E-state index is 13.2. The van der Waals surface area contributed by atoms with Crippen LogP contribution in [0.15, 0.2) is 82.3 Å². The van der Waals surface area contributed by atoms with Crippen molar-refractivity contribution in [1.29, 1.82) is 5.26 Å². The molecule has 0 saturated heterocycles. The number of benzene rings is 2. The summed E-state index contributed by atoms with van der Waals surface area (Å²) in [6.07, 6.45) is 0. The van der Waals surface area contributed by atoms with E-state index < -0.39 is 12.0 Å². The molecule has 1 aliphatic rings.